The fourth-order valence-corrected chi connectivity index (χ4v) is 4.20. The molecule has 0 saturated heterocycles. The van der Waals surface area contributed by atoms with Crippen molar-refractivity contribution in [1.82, 2.24) is 5.32 Å². The van der Waals surface area contributed by atoms with Crippen LogP contribution in [0.1, 0.15) is 35.6 Å². The van der Waals surface area contributed by atoms with Crippen LogP contribution in [0.5, 0.6) is 11.5 Å². The minimum absolute atomic E-state index is 0.111. The zero-order valence-corrected chi connectivity index (χ0v) is 20.7. The van der Waals surface area contributed by atoms with E-state index in [1.807, 2.05) is 0 Å². The van der Waals surface area contributed by atoms with Crippen molar-refractivity contribution in [1.29, 1.82) is 5.26 Å². The number of hydrogen-bond acceptors (Lipinski definition) is 5. The van der Waals surface area contributed by atoms with Crippen molar-refractivity contribution in [3.8, 4) is 17.6 Å². The van der Waals surface area contributed by atoms with Crippen molar-refractivity contribution in [2.24, 2.45) is 5.73 Å². The highest BCUT2D eigenvalue weighted by atomic mass is 19.4. The molecule has 0 aromatic heterocycles. The molecule has 2 atom stereocenters. The molecule has 3 aromatic rings. The van der Waals surface area contributed by atoms with Gasteiger partial charge in [0.25, 0.3) is 0 Å². The van der Waals surface area contributed by atoms with Gasteiger partial charge in [-0.15, -0.1) is 0 Å². The molecule has 0 heterocycles. The summed E-state index contributed by atoms with van der Waals surface area (Å²) in [5.74, 6) is 0.117. The van der Waals surface area contributed by atoms with Gasteiger partial charge in [-0.05, 0) is 60.7 Å². The number of nitrogens with zero attached hydrogens (tertiary/aromatic N) is 1. The second-order valence-corrected chi connectivity index (χ2v) is 8.76. The van der Waals surface area contributed by atoms with E-state index in [2.05, 4.69) is 11.4 Å². The van der Waals surface area contributed by atoms with Gasteiger partial charge in [-0.25, -0.2) is 0 Å². The molecule has 6 nitrogen and oxygen atoms in total. The summed E-state index contributed by atoms with van der Waals surface area (Å²) in [6, 6.07) is 20.8. The van der Waals surface area contributed by atoms with Crippen molar-refractivity contribution in [2.45, 2.75) is 37.0 Å². The van der Waals surface area contributed by atoms with Crippen LogP contribution in [-0.2, 0) is 28.5 Å². The molecule has 3 aromatic carbocycles. The number of hydrogen-bond donors (Lipinski definition) is 2. The summed E-state index contributed by atoms with van der Waals surface area (Å²) in [4.78, 5) is 12.8. The van der Waals surface area contributed by atoms with Gasteiger partial charge in [0.2, 0.25) is 5.91 Å². The van der Waals surface area contributed by atoms with Crippen LogP contribution in [-0.4, -0.2) is 20.1 Å². The van der Waals surface area contributed by atoms with Gasteiger partial charge in [0.15, 0.2) is 11.5 Å². The first kappa shape index (κ1) is 27.6. The molecule has 0 fully saturated rings. The summed E-state index contributed by atoms with van der Waals surface area (Å²) in [7, 11) is 2.94. The lowest BCUT2D eigenvalue weighted by atomic mass is 9.80. The van der Waals surface area contributed by atoms with Crippen LogP contribution >= 0.6 is 0 Å². The van der Waals surface area contributed by atoms with Gasteiger partial charge in [-0.2, -0.15) is 18.4 Å². The number of aryl methyl sites for hydroxylation is 1. The molecule has 0 radical (unpaired) electrons. The SMILES string of the molecule is COc1ccc(C(C#N)(CCc2ccc(C(F)(F)F)cc2)NC(C)(C(N)=O)c2ccccc2)cc1OC. The van der Waals surface area contributed by atoms with Gasteiger partial charge in [0.1, 0.15) is 11.1 Å². The fourth-order valence-electron chi connectivity index (χ4n) is 4.20. The summed E-state index contributed by atoms with van der Waals surface area (Å²) in [5, 5.41) is 13.8. The number of nitrogens with one attached hydrogen (secondary N) is 1. The monoisotopic (exact) mass is 511 g/mol. The number of primary amides is 1. The molecule has 194 valence electrons. The standard InChI is InChI=1S/C28H28F3N3O3/c1-26(25(33)35,20-7-5-4-6-8-20)34-27(18-32,22-13-14-23(36-2)24(17-22)37-3)16-15-19-9-11-21(12-10-19)28(29,30)31/h4-14,17,34H,15-16H2,1-3H3,(H2,33,35). The van der Waals surface area contributed by atoms with E-state index in [4.69, 9.17) is 15.2 Å². The molecule has 0 aliphatic carbocycles. The Morgan fingerprint density at radius 3 is 2.03 bits per heavy atom. The van der Waals surface area contributed by atoms with Crippen LogP contribution < -0.4 is 20.5 Å². The molecule has 0 aliphatic rings. The number of halogens is 3. The number of methoxy groups -OCH3 is 2. The Balaban J connectivity index is 2.09. The molecule has 3 rings (SSSR count). The highest BCUT2D eigenvalue weighted by molar-refractivity contribution is 5.86. The highest BCUT2D eigenvalue weighted by Crippen LogP contribution is 2.38. The summed E-state index contributed by atoms with van der Waals surface area (Å²) in [6.45, 7) is 1.59. The van der Waals surface area contributed by atoms with Gasteiger partial charge in [-0.3, -0.25) is 10.1 Å². The highest BCUT2D eigenvalue weighted by Gasteiger charge is 2.44. The molecule has 37 heavy (non-hydrogen) atoms. The number of ether oxygens (including phenoxy) is 2. The zero-order chi connectivity index (χ0) is 27.3. The third-order valence-corrected chi connectivity index (χ3v) is 6.44. The maximum absolute atomic E-state index is 13.0. The van der Waals surface area contributed by atoms with Crippen molar-refractivity contribution >= 4 is 5.91 Å². The lowest BCUT2D eigenvalue weighted by Gasteiger charge is -2.39. The molecule has 0 spiro atoms. The number of alkyl halides is 3. The van der Waals surface area contributed by atoms with Crippen molar-refractivity contribution in [2.75, 3.05) is 14.2 Å². The molecule has 0 saturated carbocycles. The third kappa shape index (κ3) is 5.87. The zero-order valence-electron chi connectivity index (χ0n) is 20.7. The van der Waals surface area contributed by atoms with Gasteiger partial charge in [0, 0.05) is 0 Å². The van der Waals surface area contributed by atoms with Crippen LogP contribution in [0.3, 0.4) is 0 Å². The van der Waals surface area contributed by atoms with E-state index in [1.165, 1.54) is 26.4 Å². The topological polar surface area (TPSA) is 97.4 Å². The summed E-state index contributed by atoms with van der Waals surface area (Å²) in [6.07, 6.45) is -4.11. The Bertz CT molecular complexity index is 1270. The Hall–Kier alpha value is -4.03. The molecule has 0 bridgehead atoms. The summed E-state index contributed by atoms with van der Waals surface area (Å²) < 4.78 is 49.8. The van der Waals surface area contributed by atoms with Gasteiger partial charge < -0.3 is 15.2 Å². The van der Waals surface area contributed by atoms with Gasteiger partial charge in [0.05, 0.1) is 25.9 Å². The van der Waals surface area contributed by atoms with E-state index >= 15 is 0 Å². The number of nitrogens with two attached hydrogens (primary N) is 1. The maximum Gasteiger partial charge on any atom is 0.416 e. The smallest absolute Gasteiger partial charge is 0.416 e. The predicted molar refractivity (Wildman–Crippen MR) is 133 cm³/mol. The van der Waals surface area contributed by atoms with E-state index in [9.17, 15) is 23.2 Å². The number of benzene rings is 3. The van der Waals surface area contributed by atoms with E-state index in [1.54, 1.807) is 55.5 Å². The Morgan fingerprint density at radius 2 is 1.51 bits per heavy atom. The molecule has 0 aliphatic heterocycles. The first-order valence-corrected chi connectivity index (χ1v) is 11.4. The van der Waals surface area contributed by atoms with Crippen LogP contribution in [0, 0.1) is 11.3 Å². The van der Waals surface area contributed by atoms with E-state index in [-0.39, 0.29) is 12.8 Å². The molecule has 1 amide bonds. The normalized spacial score (nSPS) is 14.6. The van der Waals surface area contributed by atoms with Gasteiger partial charge in [-0.1, -0.05) is 48.5 Å². The Labute approximate surface area is 213 Å². The van der Waals surface area contributed by atoms with Crippen LogP contribution in [0.4, 0.5) is 13.2 Å². The quantitative estimate of drug-likeness (QED) is 0.396. The lowest BCUT2D eigenvalue weighted by Crippen LogP contribution is -2.58. The minimum Gasteiger partial charge on any atom is -0.493 e. The van der Waals surface area contributed by atoms with Crippen molar-refractivity contribution < 1.29 is 27.4 Å². The predicted octanol–water partition coefficient (Wildman–Crippen LogP) is 5.06. The fraction of sp³-hybridized carbons (Fsp3) is 0.286. The number of rotatable bonds is 10. The van der Waals surface area contributed by atoms with E-state index in [0.29, 0.717) is 28.2 Å². The minimum atomic E-state index is -4.45. The second-order valence-electron chi connectivity index (χ2n) is 8.76. The average Bonchev–Trinajstić information content (AvgIpc) is 2.90. The number of carbonyl (C=O) groups is 1. The maximum atomic E-state index is 13.0. The number of amides is 1. The summed E-state index contributed by atoms with van der Waals surface area (Å²) in [5.41, 5.74) is 3.77. The van der Waals surface area contributed by atoms with Crippen molar-refractivity contribution in [3.63, 3.8) is 0 Å². The van der Waals surface area contributed by atoms with Crippen molar-refractivity contribution in [3.05, 3.63) is 95.1 Å². The first-order chi connectivity index (χ1) is 17.5. The van der Waals surface area contributed by atoms with Crippen LogP contribution in [0.15, 0.2) is 72.8 Å². The molecule has 3 N–H and O–H groups in total. The van der Waals surface area contributed by atoms with Gasteiger partial charge >= 0.3 is 6.18 Å². The molecule has 2 unspecified atom stereocenters. The number of carbonyl (C=O) groups excluding carboxylic acids is 1. The second kappa shape index (κ2) is 10.9. The molecular weight excluding hydrogens is 483 g/mol. The average molecular weight is 512 g/mol. The first-order valence-electron chi connectivity index (χ1n) is 11.4. The van der Waals surface area contributed by atoms with E-state index in [0.717, 1.165) is 12.1 Å². The Kier molecular flexibility index (Phi) is 8.14. The lowest BCUT2D eigenvalue weighted by molar-refractivity contribution is -0.137. The van der Waals surface area contributed by atoms with Crippen LogP contribution in [0.2, 0.25) is 0 Å². The molecule has 9 heteroatoms. The summed E-state index contributed by atoms with van der Waals surface area (Å²) >= 11 is 0. The number of nitriles is 1. The Morgan fingerprint density at radius 1 is 0.919 bits per heavy atom. The van der Waals surface area contributed by atoms with Crippen LogP contribution in [0.25, 0.3) is 0 Å². The largest absolute Gasteiger partial charge is 0.493 e. The third-order valence-electron chi connectivity index (χ3n) is 6.44. The van der Waals surface area contributed by atoms with E-state index < -0.39 is 28.7 Å². The molecular formula is C28H28F3N3O3.